The summed E-state index contributed by atoms with van der Waals surface area (Å²) in [7, 11) is 6.28. The molecule has 0 amide bonds. The van der Waals surface area contributed by atoms with Crippen molar-refractivity contribution in [1.29, 1.82) is 0 Å². The summed E-state index contributed by atoms with van der Waals surface area (Å²) in [6.07, 6.45) is 0.319. The van der Waals surface area contributed by atoms with Gasteiger partial charge in [0, 0.05) is 46.0 Å². The zero-order valence-corrected chi connectivity index (χ0v) is 12.2. The van der Waals surface area contributed by atoms with Crippen LogP contribution < -0.4 is 10.2 Å². The fraction of sp³-hybridized carbons (Fsp3) is 0.600. The Balaban J connectivity index is 1.82. The van der Waals surface area contributed by atoms with Crippen molar-refractivity contribution in [2.75, 3.05) is 52.3 Å². The predicted octanol–water partition coefficient (Wildman–Crippen LogP) is 1.17. The maximum Gasteiger partial charge on any atom is 0.0826 e. The third-order valence-electron chi connectivity index (χ3n) is 3.42. The number of anilines is 1. The Labute approximate surface area is 116 Å². The van der Waals surface area contributed by atoms with Gasteiger partial charge in [0.2, 0.25) is 0 Å². The zero-order valence-electron chi connectivity index (χ0n) is 12.2. The molecule has 1 aliphatic rings. The molecule has 0 spiro atoms. The summed E-state index contributed by atoms with van der Waals surface area (Å²) in [5.41, 5.74) is 2.59. The van der Waals surface area contributed by atoms with Crippen LogP contribution in [0.1, 0.15) is 5.56 Å². The van der Waals surface area contributed by atoms with Crippen LogP contribution in [0.4, 0.5) is 5.69 Å². The molecule has 1 unspecified atom stereocenters. The number of morpholine rings is 1. The lowest BCUT2D eigenvalue weighted by Gasteiger charge is -2.28. The lowest BCUT2D eigenvalue weighted by atomic mass is 10.2. The van der Waals surface area contributed by atoms with Crippen LogP contribution in [0.5, 0.6) is 0 Å². The largest absolute Gasteiger partial charge is 0.378 e. The van der Waals surface area contributed by atoms with Gasteiger partial charge in [-0.25, -0.2) is 0 Å². The van der Waals surface area contributed by atoms with E-state index < -0.39 is 0 Å². The lowest BCUT2D eigenvalue weighted by molar-refractivity contribution is 0.00885. The number of benzene rings is 1. The first kappa shape index (κ1) is 14.3. The van der Waals surface area contributed by atoms with E-state index in [2.05, 4.69) is 60.5 Å². The smallest absolute Gasteiger partial charge is 0.0826 e. The summed E-state index contributed by atoms with van der Waals surface area (Å²) in [6, 6.07) is 8.74. The molecule has 0 aromatic heterocycles. The van der Waals surface area contributed by atoms with E-state index in [0.717, 1.165) is 32.8 Å². The van der Waals surface area contributed by atoms with E-state index in [-0.39, 0.29) is 0 Å². The van der Waals surface area contributed by atoms with Gasteiger partial charge in [-0.15, -0.1) is 0 Å². The average Bonchev–Trinajstić information content (AvgIpc) is 2.40. The molecule has 1 aromatic rings. The summed E-state index contributed by atoms with van der Waals surface area (Å²) in [6.45, 7) is 4.71. The van der Waals surface area contributed by atoms with E-state index >= 15 is 0 Å². The number of rotatable bonds is 5. The van der Waals surface area contributed by atoms with Crippen LogP contribution in [0.25, 0.3) is 0 Å². The molecule has 106 valence electrons. The third-order valence-corrected chi connectivity index (χ3v) is 3.42. The number of nitrogens with one attached hydrogen (secondary N) is 1. The molecule has 2 rings (SSSR count). The Bertz CT molecular complexity index is 371. The van der Waals surface area contributed by atoms with Crippen molar-refractivity contribution in [1.82, 2.24) is 10.2 Å². The highest BCUT2D eigenvalue weighted by Gasteiger charge is 2.15. The molecule has 1 saturated heterocycles. The molecular formula is C15H25N3O. The molecule has 1 aromatic carbocycles. The summed E-state index contributed by atoms with van der Waals surface area (Å²) in [4.78, 5) is 4.44. The second-order valence-electron chi connectivity index (χ2n) is 5.45. The van der Waals surface area contributed by atoms with Gasteiger partial charge in [0.05, 0.1) is 12.7 Å². The minimum absolute atomic E-state index is 0.319. The molecule has 4 nitrogen and oxygen atoms in total. The quantitative estimate of drug-likeness (QED) is 0.863. The van der Waals surface area contributed by atoms with E-state index in [0.29, 0.717) is 6.10 Å². The predicted molar refractivity (Wildman–Crippen MR) is 79.7 cm³/mol. The molecule has 1 aliphatic heterocycles. The van der Waals surface area contributed by atoms with Crippen LogP contribution >= 0.6 is 0 Å². The van der Waals surface area contributed by atoms with Gasteiger partial charge >= 0.3 is 0 Å². The minimum Gasteiger partial charge on any atom is -0.378 e. The van der Waals surface area contributed by atoms with Crippen molar-refractivity contribution < 1.29 is 4.74 Å². The monoisotopic (exact) mass is 263 g/mol. The van der Waals surface area contributed by atoms with E-state index in [1.165, 1.54) is 11.3 Å². The molecule has 0 radical (unpaired) electrons. The Kier molecular flexibility index (Phi) is 5.19. The Morgan fingerprint density at radius 2 is 1.95 bits per heavy atom. The van der Waals surface area contributed by atoms with Crippen LogP contribution in [0.3, 0.4) is 0 Å². The standard InChI is InChI=1S/C15H25N3O/c1-17(2)14-6-4-13(5-7-14)11-18(3)12-15-10-16-8-9-19-15/h4-7,15-16H,8-12H2,1-3H3. The average molecular weight is 263 g/mol. The molecular weight excluding hydrogens is 238 g/mol. The molecule has 1 heterocycles. The van der Waals surface area contributed by atoms with Gasteiger partial charge in [0.1, 0.15) is 0 Å². The molecule has 4 heteroatoms. The fourth-order valence-corrected chi connectivity index (χ4v) is 2.36. The lowest BCUT2D eigenvalue weighted by Crippen LogP contribution is -2.44. The highest BCUT2D eigenvalue weighted by atomic mass is 16.5. The molecule has 1 N–H and O–H groups in total. The molecule has 0 bridgehead atoms. The van der Waals surface area contributed by atoms with Gasteiger partial charge in [-0.05, 0) is 24.7 Å². The van der Waals surface area contributed by atoms with Crippen LogP contribution in [-0.2, 0) is 11.3 Å². The SMILES string of the molecule is CN(Cc1ccc(N(C)C)cc1)CC1CNCCO1. The molecule has 1 fully saturated rings. The van der Waals surface area contributed by atoms with Crippen LogP contribution in [0.2, 0.25) is 0 Å². The van der Waals surface area contributed by atoms with Gasteiger partial charge in [0.25, 0.3) is 0 Å². The number of ether oxygens (including phenoxy) is 1. The minimum atomic E-state index is 0.319. The molecule has 0 aliphatic carbocycles. The van der Waals surface area contributed by atoms with E-state index in [1.807, 2.05) is 0 Å². The van der Waals surface area contributed by atoms with Gasteiger partial charge in [-0.1, -0.05) is 12.1 Å². The summed E-state index contributed by atoms with van der Waals surface area (Å²) >= 11 is 0. The molecule has 19 heavy (non-hydrogen) atoms. The second-order valence-corrected chi connectivity index (χ2v) is 5.45. The van der Waals surface area contributed by atoms with E-state index in [4.69, 9.17) is 4.74 Å². The van der Waals surface area contributed by atoms with Crippen LogP contribution in [0.15, 0.2) is 24.3 Å². The van der Waals surface area contributed by atoms with Crippen LogP contribution in [-0.4, -0.2) is 58.4 Å². The maximum absolute atomic E-state index is 5.73. The highest BCUT2D eigenvalue weighted by Crippen LogP contribution is 2.13. The van der Waals surface area contributed by atoms with Crippen molar-refractivity contribution in [3.05, 3.63) is 29.8 Å². The first-order valence-corrected chi connectivity index (χ1v) is 6.92. The highest BCUT2D eigenvalue weighted by molar-refractivity contribution is 5.45. The van der Waals surface area contributed by atoms with E-state index in [9.17, 15) is 0 Å². The van der Waals surface area contributed by atoms with Crippen molar-refractivity contribution in [3.63, 3.8) is 0 Å². The number of likely N-dealkylation sites (N-methyl/N-ethyl adjacent to an activating group) is 1. The number of nitrogens with zero attached hydrogens (tertiary/aromatic N) is 2. The molecule has 0 saturated carbocycles. The zero-order chi connectivity index (χ0) is 13.7. The summed E-state index contributed by atoms with van der Waals surface area (Å²) < 4.78 is 5.73. The number of hydrogen-bond donors (Lipinski definition) is 1. The summed E-state index contributed by atoms with van der Waals surface area (Å²) in [5.74, 6) is 0. The maximum atomic E-state index is 5.73. The van der Waals surface area contributed by atoms with E-state index in [1.54, 1.807) is 0 Å². The Morgan fingerprint density at radius 3 is 2.53 bits per heavy atom. The Hall–Kier alpha value is -1.10. The Morgan fingerprint density at radius 1 is 1.21 bits per heavy atom. The van der Waals surface area contributed by atoms with Crippen LogP contribution in [0, 0.1) is 0 Å². The van der Waals surface area contributed by atoms with Gasteiger partial charge in [-0.2, -0.15) is 0 Å². The van der Waals surface area contributed by atoms with Gasteiger partial charge in [0.15, 0.2) is 0 Å². The first-order chi connectivity index (χ1) is 9.15. The van der Waals surface area contributed by atoms with Crippen molar-refractivity contribution in [2.45, 2.75) is 12.6 Å². The first-order valence-electron chi connectivity index (χ1n) is 6.92. The van der Waals surface area contributed by atoms with Crippen molar-refractivity contribution in [2.24, 2.45) is 0 Å². The topological polar surface area (TPSA) is 27.7 Å². The fourth-order valence-electron chi connectivity index (χ4n) is 2.36. The van der Waals surface area contributed by atoms with Gasteiger partial charge < -0.3 is 15.0 Å². The van der Waals surface area contributed by atoms with Gasteiger partial charge in [-0.3, -0.25) is 4.90 Å². The summed E-state index contributed by atoms with van der Waals surface area (Å²) in [5, 5.41) is 3.37. The van der Waals surface area contributed by atoms with Crippen molar-refractivity contribution >= 4 is 5.69 Å². The third kappa shape index (κ3) is 4.49. The van der Waals surface area contributed by atoms with Crippen molar-refractivity contribution in [3.8, 4) is 0 Å². The normalized spacial score (nSPS) is 19.7. The molecule has 1 atom stereocenters. The second kappa shape index (κ2) is 6.89. The number of hydrogen-bond acceptors (Lipinski definition) is 4.